The lowest BCUT2D eigenvalue weighted by Gasteiger charge is -2.33. The van der Waals surface area contributed by atoms with Crippen molar-refractivity contribution in [3.05, 3.63) is 65.2 Å². The lowest BCUT2D eigenvalue weighted by atomic mass is 9.91. The standard InChI is InChI=1S/C24H29N3O/c1-17-15-27(16-19-6-7-19)13-12-21(17)14-18-8-10-20(11-9-18)24(28)26-23-5-3-2-4-22(23)25/h2-5,8-11,14,17,19H,6-7,12-13,15-16,25H2,1H3,(H,26,28). The Morgan fingerprint density at radius 3 is 2.61 bits per heavy atom. The molecule has 4 rings (SSSR count). The van der Waals surface area contributed by atoms with Crippen molar-refractivity contribution in [1.82, 2.24) is 4.90 Å². The van der Waals surface area contributed by atoms with Crippen LogP contribution in [0, 0.1) is 11.8 Å². The molecule has 1 saturated carbocycles. The smallest absolute Gasteiger partial charge is 0.255 e. The van der Waals surface area contributed by atoms with Crippen LogP contribution in [-0.2, 0) is 0 Å². The summed E-state index contributed by atoms with van der Waals surface area (Å²) in [5.74, 6) is 1.41. The number of nitrogens with two attached hydrogens (primary N) is 1. The molecule has 0 bridgehead atoms. The van der Waals surface area contributed by atoms with Crippen LogP contribution in [0.25, 0.3) is 6.08 Å². The van der Waals surface area contributed by atoms with Gasteiger partial charge in [0, 0.05) is 25.2 Å². The number of hydrogen-bond donors (Lipinski definition) is 2. The molecular weight excluding hydrogens is 346 g/mol. The highest BCUT2D eigenvalue weighted by molar-refractivity contribution is 6.05. The maximum absolute atomic E-state index is 12.5. The minimum absolute atomic E-state index is 0.140. The van der Waals surface area contributed by atoms with Gasteiger partial charge >= 0.3 is 0 Å². The van der Waals surface area contributed by atoms with Crippen LogP contribution < -0.4 is 11.1 Å². The van der Waals surface area contributed by atoms with Gasteiger partial charge in [0.15, 0.2) is 0 Å². The summed E-state index contributed by atoms with van der Waals surface area (Å²) in [7, 11) is 0. The Morgan fingerprint density at radius 2 is 1.93 bits per heavy atom. The first kappa shape index (κ1) is 18.8. The van der Waals surface area contributed by atoms with Gasteiger partial charge < -0.3 is 16.0 Å². The topological polar surface area (TPSA) is 58.4 Å². The third kappa shape index (κ3) is 4.63. The lowest BCUT2D eigenvalue weighted by molar-refractivity contribution is 0.102. The zero-order valence-corrected chi connectivity index (χ0v) is 16.5. The Morgan fingerprint density at radius 1 is 1.18 bits per heavy atom. The van der Waals surface area contributed by atoms with E-state index in [1.807, 2.05) is 42.5 Å². The normalized spacial score (nSPS) is 21.6. The maximum atomic E-state index is 12.5. The number of anilines is 2. The fourth-order valence-electron chi connectivity index (χ4n) is 3.93. The van der Waals surface area contributed by atoms with Crippen molar-refractivity contribution in [3.8, 4) is 0 Å². The van der Waals surface area contributed by atoms with Crippen LogP contribution in [0.4, 0.5) is 11.4 Å². The summed E-state index contributed by atoms with van der Waals surface area (Å²) in [5.41, 5.74) is 10.4. The number of carbonyl (C=O) groups excluding carboxylic acids is 1. The number of hydrogen-bond acceptors (Lipinski definition) is 3. The van der Waals surface area contributed by atoms with Gasteiger partial charge in [-0.25, -0.2) is 0 Å². The van der Waals surface area contributed by atoms with E-state index in [0.717, 1.165) is 17.9 Å². The summed E-state index contributed by atoms with van der Waals surface area (Å²) in [6.07, 6.45) is 6.29. The van der Waals surface area contributed by atoms with Crippen LogP contribution in [0.2, 0.25) is 0 Å². The number of nitrogens with zero attached hydrogens (tertiary/aromatic N) is 1. The van der Waals surface area contributed by atoms with E-state index in [1.54, 1.807) is 6.07 Å². The number of nitrogen functional groups attached to an aromatic ring is 1. The van der Waals surface area contributed by atoms with E-state index in [4.69, 9.17) is 5.73 Å². The molecule has 2 aromatic rings. The van der Waals surface area contributed by atoms with Gasteiger partial charge in [-0.15, -0.1) is 0 Å². The zero-order chi connectivity index (χ0) is 19.5. The molecule has 1 unspecified atom stereocenters. The zero-order valence-electron chi connectivity index (χ0n) is 16.5. The van der Waals surface area contributed by atoms with E-state index in [2.05, 4.69) is 23.2 Å². The summed E-state index contributed by atoms with van der Waals surface area (Å²) in [5, 5.41) is 2.87. The van der Waals surface area contributed by atoms with Crippen molar-refractivity contribution in [2.75, 3.05) is 30.7 Å². The van der Waals surface area contributed by atoms with Crippen molar-refractivity contribution in [3.63, 3.8) is 0 Å². The molecule has 28 heavy (non-hydrogen) atoms. The lowest BCUT2D eigenvalue weighted by Crippen LogP contribution is -2.36. The molecule has 1 aliphatic carbocycles. The van der Waals surface area contributed by atoms with E-state index >= 15 is 0 Å². The summed E-state index contributed by atoms with van der Waals surface area (Å²) in [6, 6.07) is 15.1. The Hall–Kier alpha value is -2.59. The number of benzene rings is 2. The second-order valence-corrected chi connectivity index (χ2v) is 8.24. The Balaban J connectivity index is 1.38. The molecule has 0 radical (unpaired) electrons. The fourth-order valence-corrected chi connectivity index (χ4v) is 3.93. The molecule has 2 aromatic carbocycles. The van der Waals surface area contributed by atoms with E-state index in [9.17, 15) is 4.79 Å². The van der Waals surface area contributed by atoms with Crippen molar-refractivity contribution in [1.29, 1.82) is 0 Å². The van der Waals surface area contributed by atoms with Crippen molar-refractivity contribution in [2.24, 2.45) is 11.8 Å². The quantitative estimate of drug-likeness (QED) is 0.748. The predicted molar refractivity (Wildman–Crippen MR) is 116 cm³/mol. The number of likely N-dealkylation sites (tertiary alicyclic amines) is 1. The average molecular weight is 376 g/mol. The monoisotopic (exact) mass is 375 g/mol. The van der Waals surface area contributed by atoms with E-state index in [0.29, 0.717) is 22.9 Å². The van der Waals surface area contributed by atoms with Crippen LogP contribution in [0.15, 0.2) is 54.1 Å². The van der Waals surface area contributed by atoms with Crippen molar-refractivity contribution < 1.29 is 4.79 Å². The predicted octanol–water partition coefficient (Wildman–Crippen LogP) is 4.66. The molecule has 1 heterocycles. The Bertz CT molecular complexity index is 868. The molecule has 1 saturated heterocycles. The van der Waals surface area contributed by atoms with Gasteiger partial charge in [0.25, 0.3) is 5.91 Å². The summed E-state index contributed by atoms with van der Waals surface area (Å²) >= 11 is 0. The molecule has 0 aromatic heterocycles. The van der Waals surface area contributed by atoms with Gasteiger partial charge in [0.1, 0.15) is 0 Å². The molecule has 4 nitrogen and oxygen atoms in total. The number of rotatable bonds is 5. The van der Waals surface area contributed by atoms with Crippen LogP contribution in [0.5, 0.6) is 0 Å². The van der Waals surface area contributed by atoms with Crippen LogP contribution in [0.3, 0.4) is 0 Å². The van der Waals surface area contributed by atoms with Gasteiger partial charge in [0.05, 0.1) is 11.4 Å². The number of nitrogens with one attached hydrogen (secondary N) is 1. The highest BCUT2D eigenvalue weighted by Crippen LogP contribution is 2.32. The van der Waals surface area contributed by atoms with Gasteiger partial charge in [-0.1, -0.05) is 42.8 Å². The molecular formula is C24H29N3O. The van der Waals surface area contributed by atoms with Crippen LogP contribution >= 0.6 is 0 Å². The molecule has 1 amide bonds. The second-order valence-electron chi connectivity index (χ2n) is 8.24. The molecule has 3 N–H and O–H groups in total. The first-order valence-electron chi connectivity index (χ1n) is 10.3. The summed E-state index contributed by atoms with van der Waals surface area (Å²) in [6.45, 7) is 5.96. The van der Waals surface area contributed by atoms with Crippen LogP contribution in [-0.4, -0.2) is 30.4 Å². The number of carbonyl (C=O) groups is 1. The largest absolute Gasteiger partial charge is 0.397 e. The molecule has 4 heteroatoms. The van der Waals surface area contributed by atoms with Crippen molar-refractivity contribution in [2.45, 2.75) is 26.2 Å². The third-order valence-corrected chi connectivity index (χ3v) is 5.83. The van der Waals surface area contributed by atoms with Crippen LogP contribution in [0.1, 0.15) is 42.1 Å². The molecule has 2 fully saturated rings. The average Bonchev–Trinajstić information content (AvgIpc) is 3.50. The molecule has 0 spiro atoms. The van der Waals surface area contributed by atoms with Gasteiger partial charge in [-0.3, -0.25) is 4.79 Å². The number of piperidine rings is 1. The molecule has 2 aliphatic rings. The first-order valence-corrected chi connectivity index (χ1v) is 10.3. The number of amides is 1. The number of para-hydroxylation sites is 2. The minimum atomic E-state index is -0.140. The first-order chi connectivity index (χ1) is 13.6. The van der Waals surface area contributed by atoms with E-state index in [1.165, 1.54) is 38.0 Å². The van der Waals surface area contributed by atoms with Gasteiger partial charge in [0.2, 0.25) is 0 Å². The highest BCUT2D eigenvalue weighted by atomic mass is 16.1. The minimum Gasteiger partial charge on any atom is -0.397 e. The van der Waals surface area contributed by atoms with Crippen molar-refractivity contribution >= 4 is 23.4 Å². The summed E-state index contributed by atoms with van der Waals surface area (Å²) < 4.78 is 0. The molecule has 1 aliphatic heterocycles. The fraction of sp³-hybridized carbons (Fsp3) is 0.375. The molecule has 1 atom stereocenters. The Labute approximate surface area is 167 Å². The third-order valence-electron chi connectivity index (χ3n) is 5.83. The van der Waals surface area contributed by atoms with E-state index in [-0.39, 0.29) is 5.91 Å². The Kier molecular flexibility index (Phi) is 5.49. The molecule has 146 valence electrons. The second kappa shape index (κ2) is 8.19. The maximum Gasteiger partial charge on any atom is 0.255 e. The SMILES string of the molecule is CC1CN(CC2CC2)CCC1=Cc1ccc(C(=O)Nc2ccccc2N)cc1. The van der Waals surface area contributed by atoms with E-state index < -0.39 is 0 Å². The van der Waals surface area contributed by atoms with Gasteiger partial charge in [-0.05, 0) is 60.9 Å². The highest BCUT2D eigenvalue weighted by Gasteiger charge is 2.27. The summed E-state index contributed by atoms with van der Waals surface area (Å²) in [4.78, 5) is 15.1. The van der Waals surface area contributed by atoms with Gasteiger partial charge in [-0.2, -0.15) is 0 Å².